The van der Waals surface area contributed by atoms with E-state index >= 15 is 0 Å². The maximum atomic E-state index is 12.7. The third kappa shape index (κ3) is 3.87. The fourth-order valence-corrected chi connectivity index (χ4v) is 5.53. The zero-order chi connectivity index (χ0) is 20.3. The molecule has 2 aromatic carbocycles. The summed E-state index contributed by atoms with van der Waals surface area (Å²) >= 11 is 1.60. The first-order valence-corrected chi connectivity index (χ1v) is 10.6. The number of carbonyl (C=O) groups is 3. The van der Waals surface area contributed by atoms with Crippen molar-refractivity contribution in [3.63, 3.8) is 0 Å². The SMILES string of the molecule is O=C(COC(=O)[C@@H]1CS[C@@]2(c3ccccc3)CCC(=O)N12)NCc1ccccc1. The van der Waals surface area contributed by atoms with Crippen LogP contribution in [0.25, 0.3) is 0 Å². The van der Waals surface area contributed by atoms with Gasteiger partial charge in [0.1, 0.15) is 10.9 Å². The van der Waals surface area contributed by atoms with Crippen molar-refractivity contribution in [2.45, 2.75) is 30.3 Å². The minimum Gasteiger partial charge on any atom is -0.454 e. The largest absolute Gasteiger partial charge is 0.454 e. The van der Waals surface area contributed by atoms with Crippen molar-refractivity contribution in [2.24, 2.45) is 0 Å². The van der Waals surface area contributed by atoms with E-state index in [1.807, 2.05) is 60.7 Å². The number of rotatable bonds is 6. The number of fused-ring (bicyclic) bond motifs is 1. The minimum absolute atomic E-state index is 0.0469. The third-order valence-corrected chi connectivity index (χ3v) is 6.90. The minimum atomic E-state index is -0.669. The number of hydrogen-bond donors (Lipinski definition) is 1. The van der Waals surface area contributed by atoms with Crippen molar-refractivity contribution < 1.29 is 19.1 Å². The second-order valence-corrected chi connectivity index (χ2v) is 8.41. The summed E-state index contributed by atoms with van der Waals surface area (Å²) in [5.74, 6) is -0.477. The molecule has 2 amide bonds. The predicted molar refractivity (Wildman–Crippen MR) is 110 cm³/mol. The number of thioether (sulfide) groups is 1. The summed E-state index contributed by atoms with van der Waals surface area (Å²) in [4.78, 5) is 38.4. The van der Waals surface area contributed by atoms with E-state index in [-0.39, 0.29) is 18.4 Å². The van der Waals surface area contributed by atoms with Gasteiger partial charge >= 0.3 is 5.97 Å². The van der Waals surface area contributed by atoms with Crippen LogP contribution in [0, 0.1) is 0 Å². The molecule has 0 aliphatic carbocycles. The standard InChI is InChI=1S/C22H22N2O4S/c25-19(23-13-16-7-3-1-4-8-16)14-28-21(27)18-15-29-22(12-11-20(26)24(18)22)17-9-5-2-6-10-17/h1-10,18H,11-15H2,(H,23,25)/t18-,22+/m0/s1. The van der Waals surface area contributed by atoms with Gasteiger partial charge in [-0.15, -0.1) is 11.8 Å². The average molecular weight is 410 g/mol. The molecular formula is C22H22N2O4S. The van der Waals surface area contributed by atoms with E-state index in [9.17, 15) is 14.4 Å². The van der Waals surface area contributed by atoms with E-state index in [0.29, 0.717) is 25.1 Å². The highest BCUT2D eigenvalue weighted by Crippen LogP contribution is 2.54. The zero-order valence-electron chi connectivity index (χ0n) is 15.9. The van der Waals surface area contributed by atoms with E-state index in [0.717, 1.165) is 11.1 Å². The number of benzene rings is 2. The van der Waals surface area contributed by atoms with Crippen molar-refractivity contribution >= 4 is 29.5 Å². The Morgan fingerprint density at radius 1 is 1.10 bits per heavy atom. The molecule has 2 atom stereocenters. The molecule has 0 aromatic heterocycles. The molecule has 0 bridgehead atoms. The highest BCUT2D eigenvalue weighted by atomic mass is 32.2. The molecule has 2 saturated heterocycles. The van der Waals surface area contributed by atoms with Crippen LogP contribution in [0.5, 0.6) is 0 Å². The number of nitrogens with zero attached hydrogens (tertiary/aromatic N) is 1. The van der Waals surface area contributed by atoms with E-state index < -0.39 is 16.9 Å². The topological polar surface area (TPSA) is 75.7 Å². The van der Waals surface area contributed by atoms with Crippen molar-refractivity contribution in [3.05, 3.63) is 71.8 Å². The van der Waals surface area contributed by atoms with E-state index in [4.69, 9.17) is 4.74 Å². The molecule has 2 aromatic rings. The lowest BCUT2D eigenvalue weighted by Gasteiger charge is -2.33. The Balaban J connectivity index is 1.37. The number of amides is 2. The van der Waals surface area contributed by atoms with Gasteiger partial charge in [0.2, 0.25) is 5.91 Å². The van der Waals surface area contributed by atoms with Gasteiger partial charge in [-0.25, -0.2) is 4.79 Å². The average Bonchev–Trinajstić information content (AvgIpc) is 3.31. The predicted octanol–water partition coefficient (Wildman–Crippen LogP) is 2.44. The Morgan fingerprint density at radius 2 is 1.79 bits per heavy atom. The summed E-state index contributed by atoms with van der Waals surface area (Å²) in [7, 11) is 0. The van der Waals surface area contributed by atoms with Crippen LogP contribution in [0.15, 0.2) is 60.7 Å². The maximum Gasteiger partial charge on any atom is 0.330 e. The third-order valence-electron chi connectivity index (χ3n) is 5.30. The molecule has 1 N–H and O–H groups in total. The van der Waals surface area contributed by atoms with E-state index in [2.05, 4.69) is 5.32 Å². The molecule has 0 unspecified atom stereocenters. The van der Waals surface area contributed by atoms with Gasteiger partial charge in [0.25, 0.3) is 5.91 Å². The van der Waals surface area contributed by atoms with Crippen LogP contribution in [0.3, 0.4) is 0 Å². The lowest BCUT2D eigenvalue weighted by atomic mass is 10.0. The number of esters is 1. The van der Waals surface area contributed by atoms with Crippen molar-refractivity contribution in [1.82, 2.24) is 10.2 Å². The number of ether oxygens (including phenoxy) is 1. The van der Waals surface area contributed by atoms with Gasteiger partial charge in [0, 0.05) is 18.7 Å². The lowest BCUT2D eigenvalue weighted by molar-refractivity contribution is -0.156. The van der Waals surface area contributed by atoms with Crippen LogP contribution in [0.1, 0.15) is 24.0 Å². The summed E-state index contributed by atoms with van der Waals surface area (Å²) < 4.78 is 5.26. The summed E-state index contributed by atoms with van der Waals surface area (Å²) in [6.07, 6.45) is 1.07. The van der Waals surface area contributed by atoms with Gasteiger partial charge in [-0.1, -0.05) is 60.7 Å². The highest BCUT2D eigenvalue weighted by molar-refractivity contribution is 8.00. The van der Waals surface area contributed by atoms with Crippen molar-refractivity contribution in [3.8, 4) is 0 Å². The lowest BCUT2D eigenvalue weighted by Crippen LogP contribution is -2.47. The quantitative estimate of drug-likeness (QED) is 0.741. The van der Waals surface area contributed by atoms with Crippen LogP contribution < -0.4 is 5.32 Å². The molecule has 29 heavy (non-hydrogen) atoms. The van der Waals surface area contributed by atoms with Gasteiger partial charge in [-0.3, -0.25) is 9.59 Å². The number of nitrogens with one attached hydrogen (secondary N) is 1. The molecule has 7 heteroatoms. The van der Waals surface area contributed by atoms with Crippen molar-refractivity contribution in [2.75, 3.05) is 12.4 Å². The molecule has 0 saturated carbocycles. The summed E-state index contributed by atoms with van der Waals surface area (Å²) in [5, 5.41) is 2.73. The molecule has 2 aliphatic heterocycles. The number of carbonyl (C=O) groups excluding carboxylic acids is 3. The first-order chi connectivity index (χ1) is 14.1. The number of hydrogen-bond acceptors (Lipinski definition) is 5. The van der Waals surface area contributed by atoms with Crippen molar-refractivity contribution in [1.29, 1.82) is 0 Å². The van der Waals surface area contributed by atoms with Gasteiger partial charge in [0.05, 0.1) is 0 Å². The van der Waals surface area contributed by atoms with Crippen LogP contribution in [0.2, 0.25) is 0 Å². The van der Waals surface area contributed by atoms with E-state index in [1.165, 1.54) is 0 Å². The first kappa shape index (κ1) is 19.5. The zero-order valence-corrected chi connectivity index (χ0v) is 16.7. The maximum absolute atomic E-state index is 12.7. The van der Waals surface area contributed by atoms with Crippen LogP contribution in [-0.2, 0) is 30.5 Å². The molecule has 2 heterocycles. The van der Waals surface area contributed by atoms with Gasteiger partial charge in [-0.05, 0) is 17.5 Å². The molecule has 0 radical (unpaired) electrons. The molecule has 150 valence electrons. The second kappa shape index (κ2) is 8.29. The second-order valence-electron chi connectivity index (χ2n) is 7.11. The van der Waals surface area contributed by atoms with Gasteiger partial charge in [0.15, 0.2) is 6.61 Å². The molecular weight excluding hydrogens is 388 g/mol. The Kier molecular flexibility index (Phi) is 5.58. The fraction of sp³-hybridized carbons (Fsp3) is 0.318. The Labute approximate surface area is 173 Å². The first-order valence-electron chi connectivity index (χ1n) is 9.59. The molecule has 6 nitrogen and oxygen atoms in total. The summed E-state index contributed by atoms with van der Waals surface area (Å²) in [5.41, 5.74) is 1.99. The van der Waals surface area contributed by atoms with E-state index in [1.54, 1.807) is 16.7 Å². The Morgan fingerprint density at radius 3 is 2.52 bits per heavy atom. The van der Waals surface area contributed by atoms with Crippen LogP contribution >= 0.6 is 11.8 Å². The fourth-order valence-electron chi connectivity index (χ4n) is 3.90. The van der Waals surface area contributed by atoms with Crippen LogP contribution in [0.4, 0.5) is 0 Å². The molecule has 2 fully saturated rings. The van der Waals surface area contributed by atoms with Gasteiger partial charge < -0.3 is 15.0 Å². The Hall–Kier alpha value is -2.80. The van der Waals surface area contributed by atoms with Crippen LogP contribution in [-0.4, -0.2) is 41.1 Å². The smallest absolute Gasteiger partial charge is 0.330 e. The molecule has 2 aliphatic rings. The Bertz CT molecular complexity index is 906. The monoisotopic (exact) mass is 410 g/mol. The normalized spacial score (nSPS) is 23.0. The molecule has 0 spiro atoms. The summed E-state index contributed by atoms with van der Waals surface area (Å²) in [6.45, 7) is 0.0193. The summed E-state index contributed by atoms with van der Waals surface area (Å²) in [6, 6.07) is 18.6. The molecule has 4 rings (SSSR count). The van der Waals surface area contributed by atoms with Gasteiger partial charge in [-0.2, -0.15) is 0 Å². The highest BCUT2D eigenvalue weighted by Gasteiger charge is 2.57.